The van der Waals surface area contributed by atoms with Crippen LogP contribution in [0.1, 0.15) is 45.3 Å². The summed E-state index contributed by atoms with van der Waals surface area (Å²) in [6.45, 7) is 4.25. The van der Waals surface area contributed by atoms with Gasteiger partial charge < -0.3 is 14.6 Å². The van der Waals surface area contributed by atoms with Gasteiger partial charge in [0.25, 0.3) is 5.91 Å². The molecule has 2 aromatic heterocycles. The fourth-order valence-corrected chi connectivity index (χ4v) is 4.08. The van der Waals surface area contributed by atoms with Crippen LogP contribution in [0.25, 0.3) is 10.8 Å². The largest absolute Gasteiger partial charge is 0.476 e. The van der Waals surface area contributed by atoms with Gasteiger partial charge in [-0.1, -0.05) is 0 Å². The number of halogens is 1. The van der Waals surface area contributed by atoms with Crippen LogP contribution in [0.2, 0.25) is 0 Å². The van der Waals surface area contributed by atoms with E-state index in [4.69, 9.17) is 0 Å². The summed E-state index contributed by atoms with van der Waals surface area (Å²) in [7, 11) is 0. The van der Waals surface area contributed by atoms with Crippen LogP contribution in [-0.4, -0.2) is 47.3 Å². The fourth-order valence-electron chi connectivity index (χ4n) is 3.41. The SMILES string of the molecule is Cc1nsc(-c2nc(C(=O)O)c3n2CCN(C(=O)c2ccc(F)cc2)C3C)n1. The average Bonchev–Trinajstić information content (AvgIpc) is 3.26. The second kappa shape index (κ2) is 6.79. The number of fused-ring (bicyclic) bond motifs is 1. The van der Waals surface area contributed by atoms with E-state index in [0.29, 0.717) is 41.0 Å². The number of carbonyl (C=O) groups is 2. The third-order valence-corrected chi connectivity index (χ3v) is 5.51. The van der Waals surface area contributed by atoms with Crippen LogP contribution in [0.3, 0.4) is 0 Å². The lowest BCUT2D eigenvalue weighted by molar-refractivity contribution is 0.0618. The molecule has 144 valence electrons. The maximum Gasteiger partial charge on any atom is 0.356 e. The molecule has 0 saturated carbocycles. The third kappa shape index (κ3) is 2.95. The summed E-state index contributed by atoms with van der Waals surface area (Å²) in [5.74, 6) is -0.847. The Labute approximate surface area is 163 Å². The number of imidazole rings is 1. The molecule has 0 saturated heterocycles. The van der Waals surface area contributed by atoms with Gasteiger partial charge in [-0.25, -0.2) is 19.2 Å². The van der Waals surface area contributed by atoms with Gasteiger partial charge in [0.15, 0.2) is 16.5 Å². The maximum atomic E-state index is 13.2. The van der Waals surface area contributed by atoms with Crippen LogP contribution in [0.4, 0.5) is 4.39 Å². The molecule has 3 aromatic rings. The zero-order chi connectivity index (χ0) is 20.0. The van der Waals surface area contributed by atoms with Crippen molar-refractivity contribution in [2.75, 3.05) is 6.54 Å². The number of benzene rings is 1. The molecule has 28 heavy (non-hydrogen) atoms. The average molecular weight is 401 g/mol. The van der Waals surface area contributed by atoms with Crippen molar-refractivity contribution in [1.29, 1.82) is 0 Å². The summed E-state index contributed by atoms with van der Waals surface area (Å²) < 4.78 is 19.1. The number of aromatic carboxylic acids is 1. The van der Waals surface area contributed by atoms with E-state index in [2.05, 4.69) is 14.3 Å². The van der Waals surface area contributed by atoms with E-state index in [-0.39, 0.29) is 11.6 Å². The lowest BCUT2D eigenvalue weighted by Crippen LogP contribution is -2.41. The Morgan fingerprint density at radius 3 is 2.54 bits per heavy atom. The minimum atomic E-state index is -1.17. The van der Waals surface area contributed by atoms with Gasteiger partial charge in [-0.15, -0.1) is 0 Å². The van der Waals surface area contributed by atoms with Crippen molar-refractivity contribution in [2.45, 2.75) is 26.4 Å². The van der Waals surface area contributed by atoms with Gasteiger partial charge in [-0.2, -0.15) is 4.37 Å². The summed E-state index contributed by atoms with van der Waals surface area (Å²) >= 11 is 1.15. The molecule has 10 heteroatoms. The zero-order valence-corrected chi connectivity index (χ0v) is 15.9. The number of carboxylic acids is 1. The molecule has 0 fully saturated rings. The van der Waals surface area contributed by atoms with Crippen LogP contribution in [-0.2, 0) is 6.54 Å². The van der Waals surface area contributed by atoms with Crippen molar-refractivity contribution in [1.82, 2.24) is 23.8 Å². The van der Waals surface area contributed by atoms with Crippen molar-refractivity contribution >= 4 is 23.4 Å². The lowest BCUT2D eigenvalue weighted by Gasteiger charge is -2.35. The van der Waals surface area contributed by atoms with Gasteiger partial charge in [0.2, 0.25) is 0 Å². The Bertz CT molecular complexity index is 1080. The summed E-state index contributed by atoms with van der Waals surface area (Å²) in [6, 6.07) is 4.77. The quantitative estimate of drug-likeness (QED) is 0.724. The second-order valence-corrected chi connectivity index (χ2v) is 7.21. The Hall–Kier alpha value is -3.14. The minimum Gasteiger partial charge on any atom is -0.476 e. The Balaban J connectivity index is 1.75. The van der Waals surface area contributed by atoms with E-state index in [1.165, 1.54) is 24.3 Å². The van der Waals surface area contributed by atoms with Crippen LogP contribution in [0.15, 0.2) is 24.3 Å². The highest BCUT2D eigenvalue weighted by Gasteiger charge is 2.36. The van der Waals surface area contributed by atoms with Crippen molar-refractivity contribution in [3.05, 3.63) is 52.9 Å². The molecule has 0 spiro atoms. The third-order valence-electron chi connectivity index (χ3n) is 4.71. The number of aromatic nitrogens is 4. The molecule has 1 amide bonds. The van der Waals surface area contributed by atoms with Gasteiger partial charge >= 0.3 is 5.97 Å². The number of hydrogen-bond donors (Lipinski definition) is 1. The molecule has 4 rings (SSSR count). The standard InChI is InChI=1S/C18H16FN5O3S/c1-9-14-13(18(26)27)21-15(16-20-10(2)22-28-16)24(14)8-7-23(9)17(25)11-3-5-12(19)6-4-11/h3-6,9H,7-8H2,1-2H3,(H,26,27). The highest BCUT2D eigenvalue weighted by Crippen LogP contribution is 2.34. The smallest absolute Gasteiger partial charge is 0.356 e. The summed E-state index contributed by atoms with van der Waals surface area (Å²) in [4.78, 5) is 34.9. The molecule has 0 bridgehead atoms. The number of amides is 1. The van der Waals surface area contributed by atoms with E-state index < -0.39 is 17.8 Å². The van der Waals surface area contributed by atoms with Gasteiger partial charge in [0, 0.05) is 18.7 Å². The van der Waals surface area contributed by atoms with Crippen LogP contribution in [0, 0.1) is 12.7 Å². The minimum absolute atomic E-state index is 0.105. The second-order valence-electron chi connectivity index (χ2n) is 6.45. The number of carboxylic acid groups (broad SMARTS) is 1. The molecule has 1 atom stereocenters. The molecule has 1 aliphatic rings. The predicted molar refractivity (Wildman–Crippen MR) is 98.7 cm³/mol. The first-order valence-corrected chi connectivity index (χ1v) is 9.35. The first kappa shape index (κ1) is 18.2. The van der Waals surface area contributed by atoms with E-state index in [1.54, 1.807) is 23.3 Å². The molecular formula is C18H16FN5O3S. The lowest BCUT2D eigenvalue weighted by atomic mass is 10.1. The number of nitrogens with zero attached hydrogens (tertiary/aromatic N) is 5. The Morgan fingerprint density at radius 2 is 1.93 bits per heavy atom. The number of carbonyl (C=O) groups excluding carboxylic acids is 1. The summed E-state index contributed by atoms with van der Waals surface area (Å²) in [5.41, 5.74) is 0.682. The Kier molecular flexibility index (Phi) is 4.42. The summed E-state index contributed by atoms with van der Waals surface area (Å²) in [6.07, 6.45) is 0. The van der Waals surface area contributed by atoms with Crippen LogP contribution >= 0.6 is 11.5 Å². The van der Waals surface area contributed by atoms with E-state index in [9.17, 15) is 19.1 Å². The maximum absolute atomic E-state index is 13.2. The Morgan fingerprint density at radius 1 is 1.21 bits per heavy atom. The predicted octanol–water partition coefficient (Wildman–Crippen LogP) is 2.76. The molecule has 1 aliphatic heterocycles. The molecule has 0 radical (unpaired) electrons. The first-order chi connectivity index (χ1) is 13.4. The fraction of sp³-hybridized carbons (Fsp3) is 0.278. The van der Waals surface area contributed by atoms with Gasteiger partial charge in [0.1, 0.15) is 11.6 Å². The molecule has 1 unspecified atom stereocenters. The molecule has 1 N–H and O–H groups in total. The molecule has 8 nitrogen and oxygen atoms in total. The van der Waals surface area contributed by atoms with Gasteiger partial charge in [0.05, 0.1) is 11.7 Å². The molecular weight excluding hydrogens is 385 g/mol. The highest BCUT2D eigenvalue weighted by atomic mass is 32.1. The number of aryl methyl sites for hydroxylation is 1. The zero-order valence-electron chi connectivity index (χ0n) is 15.1. The topological polar surface area (TPSA) is 101 Å². The molecule has 0 aliphatic carbocycles. The number of hydrogen-bond acceptors (Lipinski definition) is 6. The van der Waals surface area contributed by atoms with Crippen molar-refractivity contribution in [3.8, 4) is 10.8 Å². The first-order valence-electron chi connectivity index (χ1n) is 8.57. The molecule has 1 aromatic carbocycles. The summed E-state index contributed by atoms with van der Waals surface area (Å²) in [5, 5.41) is 10.2. The van der Waals surface area contributed by atoms with Gasteiger partial charge in [-0.05, 0) is 49.6 Å². The normalized spacial score (nSPS) is 16.1. The van der Waals surface area contributed by atoms with Gasteiger partial charge in [-0.3, -0.25) is 4.79 Å². The van der Waals surface area contributed by atoms with Crippen LogP contribution in [0.5, 0.6) is 0 Å². The van der Waals surface area contributed by atoms with E-state index in [0.717, 1.165) is 11.5 Å². The van der Waals surface area contributed by atoms with E-state index >= 15 is 0 Å². The van der Waals surface area contributed by atoms with Crippen molar-refractivity contribution in [3.63, 3.8) is 0 Å². The number of rotatable bonds is 3. The molecule has 3 heterocycles. The van der Waals surface area contributed by atoms with Crippen molar-refractivity contribution in [2.24, 2.45) is 0 Å². The monoisotopic (exact) mass is 401 g/mol. The highest BCUT2D eigenvalue weighted by molar-refractivity contribution is 7.09. The van der Waals surface area contributed by atoms with Crippen molar-refractivity contribution < 1.29 is 19.1 Å². The van der Waals surface area contributed by atoms with Crippen LogP contribution < -0.4 is 0 Å². The van der Waals surface area contributed by atoms with E-state index in [1.807, 2.05) is 0 Å².